The molecule has 35 heavy (non-hydrogen) atoms. The molecule has 0 bridgehead atoms. The molecule has 1 aromatic heterocycles. The molecule has 0 saturated heterocycles. The number of amides is 1. The number of hydrogen-bond donors (Lipinski definition) is 3. The van der Waals surface area contributed by atoms with Gasteiger partial charge in [0.2, 0.25) is 15.5 Å². The molecule has 4 aromatic rings. The third kappa shape index (κ3) is 5.89. The van der Waals surface area contributed by atoms with Crippen molar-refractivity contribution in [1.82, 2.24) is 15.0 Å². The Bertz CT molecular complexity index is 1590. The average molecular weight is 626 g/mol. The number of nitrogens with one attached hydrogen (secondary N) is 3. The highest BCUT2D eigenvalue weighted by Gasteiger charge is 2.22. The number of aromatic nitrogens is 1. The first kappa shape index (κ1) is 25.3. The number of hydrogen-bond acceptors (Lipinski definition) is 4. The van der Waals surface area contributed by atoms with Crippen LogP contribution >= 0.6 is 34.2 Å². The zero-order chi connectivity index (χ0) is 25.2. The first-order valence-corrected chi connectivity index (χ1v) is 13.2. The van der Waals surface area contributed by atoms with Gasteiger partial charge in [0.15, 0.2) is 0 Å². The second kappa shape index (κ2) is 10.4. The van der Waals surface area contributed by atoms with Crippen molar-refractivity contribution >= 4 is 61.0 Å². The van der Waals surface area contributed by atoms with Crippen LogP contribution < -0.4 is 15.5 Å². The van der Waals surface area contributed by atoms with E-state index >= 15 is 0 Å². The summed E-state index contributed by atoms with van der Waals surface area (Å²) in [5.74, 6) is -1.61. The number of sulfonamides is 1. The van der Waals surface area contributed by atoms with E-state index in [1.54, 1.807) is 36.4 Å². The van der Waals surface area contributed by atoms with E-state index in [4.69, 9.17) is 11.6 Å². The molecule has 0 aliphatic rings. The smallest absolute Gasteiger partial charge is 0.257 e. The van der Waals surface area contributed by atoms with Gasteiger partial charge < -0.3 is 10.3 Å². The van der Waals surface area contributed by atoms with Gasteiger partial charge in [-0.05, 0) is 70.1 Å². The lowest BCUT2D eigenvalue weighted by molar-refractivity contribution is 0.0949. The van der Waals surface area contributed by atoms with E-state index in [0.29, 0.717) is 10.6 Å². The normalized spacial score (nSPS) is 11.5. The summed E-state index contributed by atoms with van der Waals surface area (Å²) in [6.07, 6.45) is 1.12. The fourth-order valence-corrected chi connectivity index (χ4v) is 5.38. The summed E-state index contributed by atoms with van der Waals surface area (Å²) >= 11 is 7.96. The summed E-state index contributed by atoms with van der Waals surface area (Å²) in [5, 5.41) is 2.91. The quantitative estimate of drug-likeness (QED) is 0.266. The van der Waals surface area contributed by atoms with Gasteiger partial charge in [0.25, 0.3) is 5.91 Å². The Balaban J connectivity index is 1.63. The van der Waals surface area contributed by atoms with Crippen molar-refractivity contribution < 1.29 is 17.6 Å². The van der Waals surface area contributed by atoms with E-state index in [0.717, 1.165) is 27.5 Å². The van der Waals surface area contributed by atoms with Crippen molar-refractivity contribution in [1.29, 1.82) is 0 Å². The second-order valence-corrected chi connectivity index (χ2v) is 11.0. The third-order valence-electron chi connectivity index (χ3n) is 5.17. The van der Waals surface area contributed by atoms with Crippen LogP contribution in [0.2, 0.25) is 5.02 Å². The Morgan fingerprint density at radius 3 is 2.49 bits per heavy atom. The Kier molecular flexibility index (Phi) is 7.55. The zero-order valence-corrected chi connectivity index (χ0v) is 21.7. The Labute approximate surface area is 218 Å². The number of carbonyl (C=O) groups is 1. The molecule has 0 aliphatic carbocycles. The third-order valence-corrected chi connectivity index (χ3v) is 7.52. The van der Waals surface area contributed by atoms with Gasteiger partial charge in [-0.3, -0.25) is 9.59 Å². The van der Waals surface area contributed by atoms with Gasteiger partial charge in [-0.1, -0.05) is 35.9 Å². The minimum atomic E-state index is -4.19. The molecule has 11 heteroatoms. The van der Waals surface area contributed by atoms with Gasteiger partial charge in [-0.2, -0.15) is 0 Å². The fourth-order valence-electron chi connectivity index (χ4n) is 3.43. The summed E-state index contributed by atoms with van der Waals surface area (Å²) in [7, 11) is -4.19. The fraction of sp³-hybridized carbons (Fsp3) is 0.0833. The topological polar surface area (TPSA) is 108 Å². The van der Waals surface area contributed by atoms with Gasteiger partial charge in [0.1, 0.15) is 16.3 Å². The molecular formula is C24H18ClFIN3O4S. The van der Waals surface area contributed by atoms with Crippen molar-refractivity contribution in [3.8, 4) is 0 Å². The number of halogens is 3. The summed E-state index contributed by atoms with van der Waals surface area (Å²) in [6.45, 7) is 0.116. The van der Waals surface area contributed by atoms with E-state index in [1.807, 2.05) is 12.1 Å². The zero-order valence-electron chi connectivity index (χ0n) is 17.9. The van der Waals surface area contributed by atoms with Gasteiger partial charge in [-0.25, -0.2) is 17.5 Å². The van der Waals surface area contributed by atoms with Crippen LogP contribution in [-0.4, -0.2) is 19.3 Å². The largest absolute Gasteiger partial charge is 0.359 e. The minimum absolute atomic E-state index is 0.0212. The van der Waals surface area contributed by atoms with Crippen molar-refractivity contribution in [2.24, 2.45) is 0 Å². The number of carbonyl (C=O) groups excluding carboxylic acids is 1. The van der Waals surface area contributed by atoms with Crippen molar-refractivity contribution in [3.05, 3.63) is 108 Å². The highest BCUT2D eigenvalue weighted by atomic mass is 127. The molecular weight excluding hydrogens is 608 g/mol. The number of pyridine rings is 1. The monoisotopic (exact) mass is 625 g/mol. The summed E-state index contributed by atoms with van der Waals surface area (Å²) in [6, 6.07) is 15.7. The highest BCUT2D eigenvalue weighted by Crippen LogP contribution is 2.22. The Morgan fingerprint density at radius 2 is 1.77 bits per heavy atom. The van der Waals surface area contributed by atoms with E-state index in [2.05, 4.69) is 37.6 Å². The average Bonchev–Trinajstić information content (AvgIpc) is 2.82. The summed E-state index contributed by atoms with van der Waals surface area (Å²) < 4.78 is 43.7. The first-order chi connectivity index (χ1) is 16.6. The minimum Gasteiger partial charge on any atom is -0.359 e. The molecule has 1 heterocycles. The van der Waals surface area contributed by atoms with E-state index in [9.17, 15) is 22.4 Å². The lowest BCUT2D eigenvalue weighted by Gasteiger charge is -2.11. The van der Waals surface area contributed by atoms with Crippen LogP contribution in [0.25, 0.3) is 10.9 Å². The number of aromatic amines is 1. The molecule has 0 spiro atoms. The van der Waals surface area contributed by atoms with E-state index in [1.165, 1.54) is 0 Å². The standard InChI is InChI=1S/C24H18ClFIN3O4S/c25-16-6-4-14(5-7-16)11-29-24(32)20-13-28-22-19(23(20)31)9-17(26)10-21(22)35(33,34)30-12-15-2-1-3-18(27)8-15/h1-10,13,30H,11-12H2,(H,28,31)(H,29,32). The number of H-pyrrole nitrogens is 1. The van der Waals surface area contributed by atoms with E-state index in [-0.39, 0.29) is 29.6 Å². The lowest BCUT2D eigenvalue weighted by Crippen LogP contribution is -2.29. The molecule has 0 aliphatic heterocycles. The molecule has 3 aromatic carbocycles. The molecule has 4 rings (SSSR count). The van der Waals surface area contributed by atoms with Crippen LogP contribution in [0.1, 0.15) is 21.5 Å². The van der Waals surface area contributed by atoms with Crippen molar-refractivity contribution in [3.63, 3.8) is 0 Å². The molecule has 0 atom stereocenters. The molecule has 3 N–H and O–H groups in total. The maximum atomic E-state index is 14.4. The molecule has 7 nitrogen and oxygen atoms in total. The Hall–Kier alpha value is -2.80. The highest BCUT2D eigenvalue weighted by molar-refractivity contribution is 14.1. The van der Waals surface area contributed by atoms with Crippen molar-refractivity contribution in [2.45, 2.75) is 18.0 Å². The predicted octanol–water partition coefficient (Wildman–Crippen LogP) is 4.33. The van der Waals surface area contributed by atoms with Crippen LogP contribution in [0, 0.1) is 9.39 Å². The van der Waals surface area contributed by atoms with Crippen LogP contribution in [0.3, 0.4) is 0 Å². The lowest BCUT2D eigenvalue weighted by atomic mass is 10.1. The Morgan fingerprint density at radius 1 is 1.03 bits per heavy atom. The van der Waals surface area contributed by atoms with Gasteiger partial charge >= 0.3 is 0 Å². The number of benzene rings is 3. The first-order valence-electron chi connectivity index (χ1n) is 10.3. The van der Waals surface area contributed by atoms with Gasteiger partial charge in [0, 0.05) is 27.9 Å². The van der Waals surface area contributed by atoms with Gasteiger partial charge in [0.05, 0.1) is 10.9 Å². The molecule has 180 valence electrons. The van der Waals surface area contributed by atoms with Crippen LogP contribution in [0.4, 0.5) is 4.39 Å². The molecule has 0 unspecified atom stereocenters. The summed E-state index contributed by atoms with van der Waals surface area (Å²) in [4.78, 5) is 27.9. The van der Waals surface area contributed by atoms with Gasteiger partial charge in [-0.15, -0.1) is 0 Å². The molecule has 0 saturated carbocycles. The van der Waals surface area contributed by atoms with Crippen LogP contribution in [-0.2, 0) is 23.1 Å². The van der Waals surface area contributed by atoms with Crippen LogP contribution in [0.5, 0.6) is 0 Å². The van der Waals surface area contributed by atoms with Crippen molar-refractivity contribution in [2.75, 3.05) is 0 Å². The SMILES string of the molecule is O=C(NCc1ccc(Cl)cc1)c1c[nH]c2c(S(=O)(=O)NCc3cccc(I)c3)cc(F)cc2c1=O. The maximum absolute atomic E-state index is 14.4. The number of rotatable bonds is 7. The summed E-state index contributed by atoms with van der Waals surface area (Å²) in [5.41, 5.74) is 0.321. The second-order valence-electron chi connectivity index (χ2n) is 7.62. The van der Waals surface area contributed by atoms with Crippen LogP contribution in [0.15, 0.2) is 76.6 Å². The molecule has 1 amide bonds. The molecule has 0 radical (unpaired) electrons. The van der Waals surface area contributed by atoms with E-state index < -0.39 is 32.1 Å². The predicted molar refractivity (Wildman–Crippen MR) is 140 cm³/mol. The molecule has 0 fully saturated rings. The number of fused-ring (bicyclic) bond motifs is 1. The maximum Gasteiger partial charge on any atom is 0.257 e.